The zero-order valence-corrected chi connectivity index (χ0v) is 43.2. The molecule has 0 rings (SSSR count). The summed E-state index contributed by atoms with van der Waals surface area (Å²) in [6.07, 6.45) is 52.3. The lowest BCUT2D eigenvalue weighted by atomic mass is 9.99. The van der Waals surface area contributed by atoms with Gasteiger partial charge in [0.05, 0.1) is 0 Å². The first-order valence-corrected chi connectivity index (χ1v) is 28.3. The number of hydrogen-bond donors (Lipinski definition) is 0. The molecule has 6 nitrogen and oxygen atoms in total. The molecule has 0 saturated heterocycles. The molecular weight excluding hydrogens is 781 g/mol. The van der Waals surface area contributed by atoms with Gasteiger partial charge < -0.3 is 14.2 Å². The molecule has 0 heterocycles. The lowest BCUT2D eigenvalue weighted by Gasteiger charge is -2.18. The molecule has 1 unspecified atom stereocenters. The zero-order valence-electron chi connectivity index (χ0n) is 43.2. The average molecular weight is 892 g/mol. The largest absolute Gasteiger partial charge is 0.462 e. The number of hydrogen-bond acceptors (Lipinski definition) is 6. The average Bonchev–Trinajstić information content (AvgIpc) is 3.27. The molecule has 0 saturated carbocycles. The predicted octanol–water partition coefficient (Wildman–Crippen LogP) is 18.5. The fraction of sp³-hybridized carbons (Fsp3) is 0.947. The predicted molar refractivity (Wildman–Crippen MR) is 270 cm³/mol. The Kier molecular flexibility index (Phi) is 48.6. The van der Waals surface area contributed by atoms with E-state index in [1.807, 2.05) is 0 Å². The van der Waals surface area contributed by atoms with Crippen LogP contribution in [0.15, 0.2) is 0 Å². The smallest absolute Gasteiger partial charge is 0.306 e. The van der Waals surface area contributed by atoms with Gasteiger partial charge in [-0.1, -0.05) is 279 Å². The van der Waals surface area contributed by atoms with Crippen molar-refractivity contribution in [3.8, 4) is 0 Å². The minimum absolute atomic E-state index is 0.0632. The quantitative estimate of drug-likeness (QED) is 0.0344. The molecule has 63 heavy (non-hydrogen) atoms. The Morgan fingerprint density at radius 3 is 0.905 bits per heavy atom. The van der Waals surface area contributed by atoms with Crippen LogP contribution in [0.1, 0.15) is 317 Å². The molecule has 0 aliphatic rings. The Labute approximate surface area is 393 Å². The van der Waals surface area contributed by atoms with E-state index in [1.165, 1.54) is 205 Å². The fourth-order valence-corrected chi connectivity index (χ4v) is 8.66. The molecule has 0 aliphatic carbocycles. The lowest BCUT2D eigenvalue weighted by Crippen LogP contribution is -2.30. The van der Waals surface area contributed by atoms with Crippen LogP contribution < -0.4 is 0 Å². The summed E-state index contributed by atoms with van der Waals surface area (Å²) in [5, 5.41) is 0. The van der Waals surface area contributed by atoms with Crippen molar-refractivity contribution in [2.24, 2.45) is 11.8 Å². The van der Waals surface area contributed by atoms with E-state index in [2.05, 4.69) is 34.6 Å². The van der Waals surface area contributed by atoms with Crippen LogP contribution in [-0.2, 0) is 28.6 Å². The number of carbonyl (C=O) groups is 3. The molecular formula is C57H110O6. The van der Waals surface area contributed by atoms with Crippen LogP contribution in [-0.4, -0.2) is 37.2 Å². The first-order chi connectivity index (χ1) is 30.8. The first kappa shape index (κ1) is 61.4. The van der Waals surface area contributed by atoms with Gasteiger partial charge in [0, 0.05) is 19.3 Å². The van der Waals surface area contributed by atoms with Crippen LogP contribution in [0.2, 0.25) is 0 Å². The monoisotopic (exact) mass is 891 g/mol. The van der Waals surface area contributed by atoms with Gasteiger partial charge in [0.15, 0.2) is 6.10 Å². The van der Waals surface area contributed by atoms with Crippen molar-refractivity contribution in [3.63, 3.8) is 0 Å². The molecule has 0 aliphatic heterocycles. The van der Waals surface area contributed by atoms with E-state index >= 15 is 0 Å². The topological polar surface area (TPSA) is 78.9 Å². The van der Waals surface area contributed by atoms with E-state index in [4.69, 9.17) is 14.2 Å². The normalized spacial score (nSPS) is 12.5. The third-order valence-corrected chi connectivity index (χ3v) is 13.3. The van der Waals surface area contributed by atoms with E-state index in [-0.39, 0.29) is 31.1 Å². The Morgan fingerprint density at radius 1 is 0.333 bits per heavy atom. The van der Waals surface area contributed by atoms with E-state index in [9.17, 15) is 14.4 Å². The number of ether oxygens (including phenoxy) is 3. The van der Waals surface area contributed by atoms with Crippen molar-refractivity contribution in [1.82, 2.24) is 0 Å². The molecule has 0 aromatic carbocycles. The van der Waals surface area contributed by atoms with Gasteiger partial charge in [-0.15, -0.1) is 0 Å². The standard InChI is InChI=1S/C57H110O6/c1-6-8-9-10-11-12-13-14-15-19-22-27-32-37-42-47-55(58)61-50-54(63-57(60)49-44-39-34-29-24-25-30-35-40-45-52(3)4)51-62-56(59)48-43-38-33-28-23-20-17-16-18-21-26-31-36-41-46-53(5)7-2/h52-54H,6-51H2,1-5H3/t53?,54-/m1/s1. The maximum Gasteiger partial charge on any atom is 0.306 e. The van der Waals surface area contributed by atoms with Crippen LogP contribution in [0.25, 0.3) is 0 Å². The van der Waals surface area contributed by atoms with Gasteiger partial charge in [-0.25, -0.2) is 0 Å². The third kappa shape index (κ3) is 49.7. The van der Waals surface area contributed by atoms with Crippen molar-refractivity contribution in [3.05, 3.63) is 0 Å². The van der Waals surface area contributed by atoms with Gasteiger partial charge in [-0.05, 0) is 31.1 Å². The van der Waals surface area contributed by atoms with Gasteiger partial charge in [-0.3, -0.25) is 14.4 Å². The van der Waals surface area contributed by atoms with E-state index in [0.717, 1.165) is 69.6 Å². The van der Waals surface area contributed by atoms with Gasteiger partial charge in [0.1, 0.15) is 13.2 Å². The molecule has 0 N–H and O–H groups in total. The van der Waals surface area contributed by atoms with Crippen molar-refractivity contribution in [2.45, 2.75) is 323 Å². The number of esters is 3. The molecule has 2 atom stereocenters. The summed E-state index contributed by atoms with van der Waals surface area (Å²) in [7, 11) is 0. The summed E-state index contributed by atoms with van der Waals surface area (Å²) in [6.45, 7) is 11.4. The molecule has 6 heteroatoms. The molecule has 0 radical (unpaired) electrons. The molecule has 0 aromatic heterocycles. The molecule has 374 valence electrons. The van der Waals surface area contributed by atoms with Crippen LogP contribution in [0.3, 0.4) is 0 Å². The van der Waals surface area contributed by atoms with Gasteiger partial charge >= 0.3 is 17.9 Å². The van der Waals surface area contributed by atoms with Crippen molar-refractivity contribution < 1.29 is 28.6 Å². The summed E-state index contributed by atoms with van der Waals surface area (Å²) < 4.78 is 16.9. The SMILES string of the molecule is CCCCCCCCCCCCCCCCCC(=O)OC[C@H](COC(=O)CCCCCCCCCCCCCCCCC(C)CC)OC(=O)CCCCCCCCCCCC(C)C. The molecule has 0 bridgehead atoms. The summed E-state index contributed by atoms with van der Waals surface area (Å²) in [5.74, 6) is 0.859. The highest BCUT2D eigenvalue weighted by Gasteiger charge is 2.19. The van der Waals surface area contributed by atoms with Gasteiger partial charge in [0.2, 0.25) is 0 Å². The van der Waals surface area contributed by atoms with Crippen molar-refractivity contribution in [2.75, 3.05) is 13.2 Å². The molecule has 0 fully saturated rings. The van der Waals surface area contributed by atoms with E-state index < -0.39 is 6.10 Å². The maximum atomic E-state index is 12.8. The Hall–Kier alpha value is -1.59. The first-order valence-electron chi connectivity index (χ1n) is 28.3. The van der Waals surface area contributed by atoms with Gasteiger partial charge in [0.25, 0.3) is 0 Å². The number of unbranched alkanes of at least 4 members (excludes halogenated alkanes) is 35. The summed E-state index contributed by atoms with van der Waals surface area (Å²) >= 11 is 0. The van der Waals surface area contributed by atoms with E-state index in [0.29, 0.717) is 19.3 Å². The fourth-order valence-electron chi connectivity index (χ4n) is 8.66. The minimum atomic E-state index is -0.762. The summed E-state index contributed by atoms with van der Waals surface area (Å²) in [6, 6.07) is 0. The zero-order chi connectivity index (χ0) is 46.1. The van der Waals surface area contributed by atoms with E-state index in [1.54, 1.807) is 0 Å². The highest BCUT2D eigenvalue weighted by atomic mass is 16.6. The highest BCUT2D eigenvalue weighted by Crippen LogP contribution is 2.18. The van der Waals surface area contributed by atoms with Crippen LogP contribution >= 0.6 is 0 Å². The summed E-state index contributed by atoms with van der Waals surface area (Å²) in [4.78, 5) is 38.1. The van der Waals surface area contributed by atoms with Crippen LogP contribution in [0.4, 0.5) is 0 Å². The lowest BCUT2D eigenvalue weighted by molar-refractivity contribution is -0.167. The number of rotatable bonds is 51. The number of carbonyl (C=O) groups excluding carboxylic acids is 3. The maximum absolute atomic E-state index is 12.8. The van der Waals surface area contributed by atoms with Crippen LogP contribution in [0, 0.1) is 11.8 Å². The Morgan fingerprint density at radius 2 is 0.603 bits per heavy atom. The Bertz CT molecular complexity index is 964. The molecule has 0 amide bonds. The van der Waals surface area contributed by atoms with Crippen molar-refractivity contribution >= 4 is 17.9 Å². The molecule has 0 aromatic rings. The minimum Gasteiger partial charge on any atom is -0.462 e. The second-order valence-electron chi connectivity index (χ2n) is 20.3. The molecule has 0 spiro atoms. The van der Waals surface area contributed by atoms with Crippen LogP contribution in [0.5, 0.6) is 0 Å². The van der Waals surface area contributed by atoms with Gasteiger partial charge in [-0.2, -0.15) is 0 Å². The second-order valence-corrected chi connectivity index (χ2v) is 20.3. The second kappa shape index (κ2) is 49.8. The van der Waals surface area contributed by atoms with Crippen molar-refractivity contribution in [1.29, 1.82) is 0 Å². The summed E-state index contributed by atoms with van der Waals surface area (Å²) in [5.41, 5.74) is 0. The Balaban J connectivity index is 4.27. The third-order valence-electron chi connectivity index (χ3n) is 13.3. The highest BCUT2D eigenvalue weighted by molar-refractivity contribution is 5.71.